The first-order chi connectivity index (χ1) is 14.5. The molecule has 0 atom stereocenters. The minimum absolute atomic E-state index is 0. The maximum atomic E-state index is 11.3. The van der Waals surface area contributed by atoms with Crippen molar-refractivity contribution < 1.29 is 4.79 Å². The second-order valence-electron chi connectivity index (χ2n) is 7.90. The number of rotatable bonds is 5. The number of carbonyl (C=O) groups excluding carboxylic acids is 1. The fraction of sp³-hybridized carbons (Fsp3) is 0.333. The van der Waals surface area contributed by atoms with E-state index in [1.54, 1.807) is 0 Å². The first-order valence-electron chi connectivity index (χ1n) is 10.4. The van der Waals surface area contributed by atoms with Crippen LogP contribution in [0.1, 0.15) is 18.2 Å². The molecule has 0 spiro atoms. The third-order valence-electron chi connectivity index (χ3n) is 5.57. The first kappa shape index (κ1) is 26.2. The molecule has 0 unspecified atom stereocenters. The number of pyridine rings is 1. The van der Waals surface area contributed by atoms with Gasteiger partial charge in [0.15, 0.2) is 0 Å². The smallest absolute Gasteiger partial charge is 0.221 e. The molecule has 1 aromatic heterocycles. The van der Waals surface area contributed by atoms with Gasteiger partial charge >= 0.3 is 0 Å². The molecule has 1 N–H and O–H groups in total. The van der Waals surface area contributed by atoms with Crippen LogP contribution in [-0.4, -0.2) is 48.5 Å². The first-order valence-corrected chi connectivity index (χ1v) is 10.8. The van der Waals surface area contributed by atoms with E-state index in [1.807, 2.05) is 25.1 Å². The van der Waals surface area contributed by atoms with Gasteiger partial charge in [-0.2, -0.15) is 0 Å². The molecule has 2 heterocycles. The fourth-order valence-electron chi connectivity index (χ4n) is 4.05. The van der Waals surface area contributed by atoms with Crippen LogP contribution in [0.2, 0.25) is 5.02 Å². The van der Waals surface area contributed by atoms with Gasteiger partial charge in [0.05, 0.1) is 5.52 Å². The quantitative estimate of drug-likeness (QED) is 0.517. The van der Waals surface area contributed by atoms with Crippen molar-refractivity contribution >= 4 is 64.6 Å². The molecule has 4 rings (SSSR count). The lowest BCUT2D eigenvalue weighted by molar-refractivity contribution is -0.114. The molecule has 0 radical (unpaired) electrons. The summed E-state index contributed by atoms with van der Waals surface area (Å²) in [5.41, 5.74) is 5.24. The Labute approximate surface area is 207 Å². The molecule has 2 aromatic carbocycles. The van der Waals surface area contributed by atoms with E-state index in [2.05, 4.69) is 50.4 Å². The van der Waals surface area contributed by atoms with Crippen molar-refractivity contribution in [2.75, 3.05) is 42.9 Å². The van der Waals surface area contributed by atoms with Crippen LogP contribution in [0.5, 0.6) is 0 Å². The van der Waals surface area contributed by atoms with Crippen LogP contribution in [-0.2, 0) is 11.2 Å². The molecule has 3 aromatic rings. The lowest BCUT2D eigenvalue weighted by Gasteiger charge is -2.36. The number of hydrogen-bond acceptors (Lipinski definition) is 4. The Morgan fingerprint density at radius 3 is 2.53 bits per heavy atom. The van der Waals surface area contributed by atoms with Crippen LogP contribution in [0.25, 0.3) is 10.9 Å². The number of aromatic nitrogens is 1. The van der Waals surface area contributed by atoms with Gasteiger partial charge in [-0.1, -0.05) is 23.7 Å². The van der Waals surface area contributed by atoms with Gasteiger partial charge in [0.1, 0.15) is 0 Å². The van der Waals surface area contributed by atoms with Crippen molar-refractivity contribution in [3.63, 3.8) is 0 Å². The molecule has 1 amide bonds. The highest BCUT2D eigenvalue weighted by molar-refractivity contribution is 6.31. The van der Waals surface area contributed by atoms with E-state index in [-0.39, 0.29) is 30.7 Å². The van der Waals surface area contributed by atoms with E-state index in [0.717, 1.165) is 66.5 Å². The molecule has 32 heavy (non-hydrogen) atoms. The molecule has 5 nitrogen and oxygen atoms in total. The summed E-state index contributed by atoms with van der Waals surface area (Å²) in [6.07, 6.45) is 0.969. The van der Waals surface area contributed by atoms with Crippen molar-refractivity contribution in [2.45, 2.75) is 20.3 Å². The Bertz CT molecular complexity index is 1060. The lowest BCUT2D eigenvalue weighted by Crippen LogP contribution is -2.47. The topological polar surface area (TPSA) is 48.5 Å². The molecular weight excluding hydrogens is 467 g/mol. The summed E-state index contributed by atoms with van der Waals surface area (Å²) in [4.78, 5) is 20.8. The highest BCUT2D eigenvalue weighted by Gasteiger charge is 2.19. The second kappa shape index (κ2) is 11.7. The third-order valence-corrected chi connectivity index (χ3v) is 5.78. The van der Waals surface area contributed by atoms with Crippen molar-refractivity contribution in [3.05, 3.63) is 64.8 Å². The Kier molecular flexibility index (Phi) is 9.59. The molecular formula is C24H29Cl3N4O. The molecule has 172 valence electrons. The number of benzene rings is 2. The number of amides is 1. The summed E-state index contributed by atoms with van der Waals surface area (Å²) in [5.74, 6) is -0.0397. The third kappa shape index (κ3) is 6.48. The average Bonchev–Trinajstić information content (AvgIpc) is 2.71. The standard InChI is InChI=1S/C24H27ClN4O.2ClH/c1-17-6-7-22-23(26-17)15-20(25)16-24(22)29-12-10-28(11-13-29)9-8-19-4-3-5-21(14-19)27-18(2)30;;/h3-7,14-16H,8-13H2,1-2H3,(H,27,30);2*1H. The Morgan fingerprint density at radius 2 is 1.81 bits per heavy atom. The molecule has 8 heteroatoms. The van der Waals surface area contributed by atoms with Gasteiger partial charge in [0.25, 0.3) is 0 Å². The van der Waals surface area contributed by atoms with Crippen LogP contribution in [0.3, 0.4) is 0 Å². The number of piperazine rings is 1. The SMILES string of the molecule is CC(=O)Nc1cccc(CCN2CCN(c3cc(Cl)cc4nc(C)ccc34)CC2)c1.Cl.Cl. The maximum absolute atomic E-state index is 11.3. The van der Waals surface area contributed by atoms with Gasteiger partial charge in [-0.25, -0.2) is 0 Å². The van der Waals surface area contributed by atoms with Crippen LogP contribution in [0.4, 0.5) is 11.4 Å². The molecule has 1 saturated heterocycles. The normalized spacial score (nSPS) is 13.9. The molecule has 1 aliphatic heterocycles. The van der Waals surface area contributed by atoms with E-state index in [9.17, 15) is 4.79 Å². The minimum Gasteiger partial charge on any atom is -0.368 e. The van der Waals surface area contributed by atoms with Gasteiger partial charge in [-0.05, 0) is 55.3 Å². The van der Waals surface area contributed by atoms with E-state index in [4.69, 9.17) is 11.6 Å². The predicted octanol–water partition coefficient (Wildman–Crippen LogP) is 5.36. The lowest BCUT2D eigenvalue weighted by atomic mass is 10.1. The summed E-state index contributed by atoms with van der Waals surface area (Å²) in [5, 5.41) is 4.75. The van der Waals surface area contributed by atoms with E-state index in [1.165, 1.54) is 18.2 Å². The zero-order valence-corrected chi connectivity index (χ0v) is 20.7. The van der Waals surface area contributed by atoms with Crippen molar-refractivity contribution in [1.82, 2.24) is 9.88 Å². The summed E-state index contributed by atoms with van der Waals surface area (Å²) >= 11 is 6.38. The van der Waals surface area contributed by atoms with E-state index >= 15 is 0 Å². The van der Waals surface area contributed by atoms with E-state index in [0.29, 0.717) is 0 Å². The highest BCUT2D eigenvalue weighted by Crippen LogP contribution is 2.31. The fourth-order valence-corrected chi connectivity index (χ4v) is 4.26. The van der Waals surface area contributed by atoms with Gasteiger partial charge < -0.3 is 10.2 Å². The van der Waals surface area contributed by atoms with Crippen molar-refractivity contribution in [1.29, 1.82) is 0 Å². The molecule has 0 aliphatic carbocycles. The van der Waals surface area contributed by atoms with Crippen molar-refractivity contribution in [2.24, 2.45) is 0 Å². The molecule has 0 bridgehead atoms. The summed E-state index contributed by atoms with van der Waals surface area (Å²) in [6.45, 7) is 8.51. The minimum atomic E-state index is -0.0397. The van der Waals surface area contributed by atoms with Gasteiger partial charge in [-0.3, -0.25) is 14.7 Å². The van der Waals surface area contributed by atoms with Crippen molar-refractivity contribution in [3.8, 4) is 0 Å². The summed E-state index contributed by atoms with van der Waals surface area (Å²) < 4.78 is 0. The van der Waals surface area contributed by atoms with Crippen LogP contribution in [0, 0.1) is 6.92 Å². The Hall–Kier alpha value is -2.05. The summed E-state index contributed by atoms with van der Waals surface area (Å²) in [6, 6.07) is 16.3. The molecule has 1 fully saturated rings. The number of hydrogen-bond donors (Lipinski definition) is 1. The second-order valence-corrected chi connectivity index (χ2v) is 8.34. The summed E-state index contributed by atoms with van der Waals surface area (Å²) in [7, 11) is 0. The number of aryl methyl sites for hydroxylation is 1. The monoisotopic (exact) mass is 494 g/mol. The zero-order chi connectivity index (χ0) is 21.1. The molecule has 1 aliphatic rings. The van der Waals surface area contributed by atoms with Gasteiger partial charge in [0.2, 0.25) is 5.91 Å². The number of carbonyl (C=O) groups is 1. The van der Waals surface area contributed by atoms with Crippen LogP contribution in [0.15, 0.2) is 48.5 Å². The predicted molar refractivity (Wildman–Crippen MR) is 139 cm³/mol. The number of anilines is 2. The highest BCUT2D eigenvalue weighted by atomic mass is 35.5. The Morgan fingerprint density at radius 1 is 1.06 bits per heavy atom. The van der Waals surface area contributed by atoms with Gasteiger partial charge in [0, 0.05) is 67.1 Å². The molecule has 0 saturated carbocycles. The number of nitrogens with one attached hydrogen (secondary N) is 1. The Balaban J connectivity index is 0.00000181. The number of fused-ring (bicyclic) bond motifs is 1. The number of nitrogens with zero attached hydrogens (tertiary/aromatic N) is 3. The number of halogens is 3. The van der Waals surface area contributed by atoms with Crippen LogP contribution < -0.4 is 10.2 Å². The average molecular weight is 496 g/mol. The maximum Gasteiger partial charge on any atom is 0.221 e. The largest absolute Gasteiger partial charge is 0.368 e. The zero-order valence-electron chi connectivity index (χ0n) is 18.3. The van der Waals surface area contributed by atoms with E-state index < -0.39 is 0 Å². The van der Waals surface area contributed by atoms with Gasteiger partial charge in [-0.15, -0.1) is 24.8 Å². The van der Waals surface area contributed by atoms with Crippen LogP contribution >= 0.6 is 36.4 Å².